The number of fused-ring (bicyclic) bond motifs is 2. The van der Waals surface area contributed by atoms with Crippen LogP contribution in [0.4, 0.5) is 18.0 Å². The normalized spacial score (nSPS) is 13.9. The fraction of sp³-hybridized carbons (Fsp3) is 0.308. The molecular weight excluding hydrogens is 457 g/mol. The lowest BCUT2D eigenvalue weighted by molar-refractivity contribution is -0.247. The number of aromatic nitrogens is 3. The number of rotatable bonds is 7. The maximum absolute atomic E-state index is 14.6. The second-order valence-electron chi connectivity index (χ2n) is 8.50. The van der Waals surface area contributed by atoms with Crippen molar-refractivity contribution in [3.05, 3.63) is 78.6 Å². The highest BCUT2D eigenvalue weighted by Gasteiger charge is 2.57. The number of allylic oxidation sites excluding steroid dienone is 1. The lowest BCUT2D eigenvalue weighted by atomic mass is 9.85. The SMILES string of the molecule is C=CCn1cc(C(O)(c2ccc3c(cnn3C(=O)NC(CC)CC)c2)C(F)(F)F)c2ccccc21. The van der Waals surface area contributed by atoms with Crippen molar-refractivity contribution in [3.63, 3.8) is 0 Å². The van der Waals surface area contributed by atoms with E-state index >= 15 is 0 Å². The Kier molecular flexibility index (Phi) is 6.46. The molecule has 4 rings (SSSR count). The molecule has 2 heterocycles. The van der Waals surface area contributed by atoms with Crippen molar-refractivity contribution in [2.75, 3.05) is 0 Å². The van der Waals surface area contributed by atoms with E-state index in [0.29, 0.717) is 16.4 Å². The van der Waals surface area contributed by atoms with Gasteiger partial charge in [0.25, 0.3) is 0 Å². The van der Waals surface area contributed by atoms with Gasteiger partial charge in [-0.25, -0.2) is 4.79 Å². The number of hydrogen-bond acceptors (Lipinski definition) is 3. The Hall–Kier alpha value is -3.59. The molecule has 0 bridgehead atoms. The minimum Gasteiger partial charge on any atom is -0.372 e. The molecule has 184 valence electrons. The summed E-state index contributed by atoms with van der Waals surface area (Å²) in [5, 5.41) is 18.9. The van der Waals surface area contributed by atoms with Gasteiger partial charge < -0.3 is 15.0 Å². The average Bonchev–Trinajstić information content (AvgIpc) is 3.43. The van der Waals surface area contributed by atoms with Gasteiger partial charge in [-0.15, -0.1) is 6.58 Å². The minimum absolute atomic E-state index is 0.0378. The first kappa shape index (κ1) is 24.5. The van der Waals surface area contributed by atoms with Crippen molar-refractivity contribution in [1.82, 2.24) is 19.7 Å². The summed E-state index contributed by atoms with van der Waals surface area (Å²) in [6.07, 6.45) is 0.676. The van der Waals surface area contributed by atoms with Crippen LogP contribution in [0, 0.1) is 0 Å². The third-order valence-electron chi connectivity index (χ3n) is 6.41. The van der Waals surface area contributed by atoms with E-state index in [2.05, 4.69) is 17.0 Å². The molecule has 1 atom stereocenters. The highest BCUT2D eigenvalue weighted by Crippen LogP contribution is 2.47. The summed E-state index contributed by atoms with van der Waals surface area (Å²) in [5.41, 5.74) is -3.03. The van der Waals surface area contributed by atoms with E-state index in [1.165, 1.54) is 30.6 Å². The summed E-state index contributed by atoms with van der Waals surface area (Å²) in [5.74, 6) is 0. The Labute approximate surface area is 200 Å². The number of para-hydroxylation sites is 1. The number of nitrogens with one attached hydrogen (secondary N) is 1. The molecule has 0 aliphatic carbocycles. The Balaban J connectivity index is 1.85. The van der Waals surface area contributed by atoms with Crippen LogP contribution in [0.5, 0.6) is 0 Å². The van der Waals surface area contributed by atoms with Crippen LogP contribution in [0.25, 0.3) is 21.8 Å². The first-order chi connectivity index (χ1) is 16.6. The summed E-state index contributed by atoms with van der Waals surface area (Å²) >= 11 is 0. The number of hydrogen-bond donors (Lipinski definition) is 2. The number of nitrogens with zero attached hydrogens (tertiary/aromatic N) is 3. The number of alkyl halides is 3. The summed E-state index contributed by atoms with van der Waals surface area (Å²) < 4.78 is 46.5. The standard InChI is InChI=1S/C26H27F3N4O2/c1-4-13-32-16-21(20-9-7-8-10-23(20)32)25(35,26(27,28)29)18-11-12-22-17(14-18)15-30-33(22)24(34)31-19(5-2)6-3/h4,7-12,14-16,19,35H,1,5-6,13H2,2-3H3,(H,31,34). The van der Waals surface area contributed by atoms with E-state index in [1.807, 2.05) is 13.8 Å². The first-order valence-corrected chi connectivity index (χ1v) is 11.4. The van der Waals surface area contributed by atoms with E-state index in [4.69, 9.17) is 0 Å². The van der Waals surface area contributed by atoms with Crippen molar-refractivity contribution >= 4 is 27.8 Å². The van der Waals surface area contributed by atoms with Crippen LogP contribution in [0.2, 0.25) is 0 Å². The van der Waals surface area contributed by atoms with Crippen LogP contribution in [-0.4, -0.2) is 37.7 Å². The van der Waals surface area contributed by atoms with Crippen molar-refractivity contribution < 1.29 is 23.1 Å². The monoisotopic (exact) mass is 484 g/mol. The molecule has 6 nitrogen and oxygen atoms in total. The molecule has 9 heteroatoms. The zero-order valence-corrected chi connectivity index (χ0v) is 19.5. The molecule has 0 aliphatic rings. The molecule has 0 spiro atoms. The van der Waals surface area contributed by atoms with Crippen LogP contribution >= 0.6 is 0 Å². The minimum atomic E-state index is -5.02. The second-order valence-corrected chi connectivity index (χ2v) is 8.50. The number of carbonyl (C=O) groups is 1. The van der Waals surface area contributed by atoms with Gasteiger partial charge in [-0.1, -0.05) is 44.2 Å². The average molecular weight is 485 g/mol. The van der Waals surface area contributed by atoms with Crippen LogP contribution in [0.3, 0.4) is 0 Å². The second kappa shape index (κ2) is 9.22. The molecule has 4 aromatic rings. The van der Waals surface area contributed by atoms with E-state index in [1.54, 1.807) is 34.9 Å². The molecule has 1 amide bonds. The van der Waals surface area contributed by atoms with Crippen molar-refractivity contribution in [1.29, 1.82) is 0 Å². The molecule has 2 N–H and O–H groups in total. The van der Waals surface area contributed by atoms with Gasteiger partial charge in [0.15, 0.2) is 0 Å². The van der Waals surface area contributed by atoms with Gasteiger partial charge in [-0.05, 0) is 36.6 Å². The largest absolute Gasteiger partial charge is 0.425 e. The molecule has 0 saturated carbocycles. The van der Waals surface area contributed by atoms with E-state index < -0.39 is 17.8 Å². The lowest BCUT2D eigenvalue weighted by Gasteiger charge is -2.31. The topological polar surface area (TPSA) is 72.1 Å². The molecule has 2 aromatic carbocycles. The third-order valence-corrected chi connectivity index (χ3v) is 6.41. The molecular formula is C26H27F3N4O2. The van der Waals surface area contributed by atoms with E-state index in [0.717, 1.165) is 17.5 Å². The zero-order valence-electron chi connectivity index (χ0n) is 19.5. The van der Waals surface area contributed by atoms with Crippen molar-refractivity contribution in [3.8, 4) is 0 Å². The smallest absolute Gasteiger partial charge is 0.372 e. The quantitative estimate of drug-likeness (QED) is 0.330. The van der Waals surface area contributed by atoms with Crippen LogP contribution in [-0.2, 0) is 12.1 Å². The Morgan fingerprint density at radius 1 is 1.17 bits per heavy atom. The number of aliphatic hydroxyl groups is 1. The summed E-state index contributed by atoms with van der Waals surface area (Å²) in [7, 11) is 0. The third kappa shape index (κ3) is 4.10. The van der Waals surface area contributed by atoms with Gasteiger partial charge in [-0.2, -0.15) is 23.0 Å². The summed E-state index contributed by atoms with van der Waals surface area (Å²) in [4.78, 5) is 12.7. The van der Waals surface area contributed by atoms with Crippen LogP contribution < -0.4 is 5.32 Å². The van der Waals surface area contributed by atoms with Crippen LogP contribution in [0.15, 0.2) is 67.5 Å². The number of benzene rings is 2. The zero-order chi connectivity index (χ0) is 25.4. The van der Waals surface area contributed by atoms with Gasteiger partial charge in [0.2, 0.25) is 5.60 Å². The van der Waals surface area contributed by atoms with Crippen molar-refractivity contribution in [2.24, 2.45) is 0 Å². The predicted molar refractivity (Wildman–Crippen MR) is 129 cm³/mol. The number of amides is 1. The predicted octanol–water partition coefficient (Wildman–Crippen LogP) is 5.72. The number of halogens is 3. The number of carbonyl (C=O) groups excluding carboxylic acids is 1. The van der Waals surface area contributed by atoms with Crippen LogP contribution in [0.1, 0.15) is 37.8 Å². The fourth-order valence-electron chi connectivity index (χ4n) is 4.45. The Morgan fingerprint density at radius 3 is 2.54 bits per heavy atom. The highest BCUT2D eigenvalue weighted by molar-refractivity contribution is 5.91. The van der Waals surface area contributed by atoms with Gasteiger partial charge in [0.05, 0.1) is 11.7 Å². The maximum Gasteiger partial charge on any atom is 0.425 e. The van der Waals surface area contributed by atoms with Gasteiger partial charge in [0, 0.05) is 40.6 Å². The molecule has 0 aliphatic heterocycles. The fourth-order valence-corrected chi connectivity index (χ4v) is 4.45. The Bertz CT molecular complexity index is 1380. The van der Waals surface area contributed by atoms with E-state index in [-0.39, 0.29) is 29.1 Å². The Morgan fingerprint density at radius 2 is 1.89 bits per heavy atom. The lowest BCUT2D eigenvalue weighted by Crippen LogP contribution is -2.43. The van der Waals surface area contributed by atoms with E-state index in [9.17, 15) is 23.1 Å². The molecule has 0 radical (unpaired) electrons. The molecule has 0 fully saturated rings. The van der Waals surface area contributed by atoms with Gasteiger partial charge in [-0.3, -0.25) is 0 Å². The molecule has 35 heavy (non-hydrogen) atoms. The van der Waals surface area contributed by atoms with Gasteiger partial charge >= 0.3 is 12.2 Å². The summed E-state index contributed by atoms with van der Waals surface area (Å²) in [6, 6.07) is 9.92. The van der Waals surface area contributed by atoms with Gasteiger partial charge in [0.1, 0.15) is 0 Å². The summed E-state index contributed by atoms with van der Waals surface area (Å²) in [6.45, 7) is 7.86. The molecule has 2 aromatic heterocycles. The van der Waals surface area contributed by atoms with Crippen molar-refractivity contribution in [2.45, 2.75) is 51.1 Å². The highest BCUT2D eigenvalue weighted by atomic mass is 19.4. The molecule has 1 unspecified atom stereocenters. The maximum atomic E-state index is 14.6. The first-order valence-electron chi connectivity index (χ1n) is 11.4. The molecule has 0 saturated heterocycles.